The van der Waals surface area contributed by atoms with Gasteiger partial charge in [-0.2, -0.15) is 4.31 Å². The number of benzene rings is 1. The van der Waals surface area contributed by atoms with Crippen molar-refractivity contribution < 1.29 is 21.6 Å². The van der Waals surface area contributed by atoms with Crippen LogP contribution in [0.4, 0.5) is 5.69 Å². The maximum atomic E-state index is 13.2. The van der Waals surface area contributed by atoms with Crippen molar-refractivity contribution in [3.8, 4) is 0 Å². The summed E-state index contributed by atoms with van der Waals surface area (Å²) in [7, 11) is -6.80. The molecule has 172 valence electrons. The SMILES string of the molecule is O=C(NC1CCS(=O)(=O)C1)c1cc(S(=O)(=O)N2CCCCC2)ccc1N1CCCCC1. The van der Waals surface area contributed by atoms with Crippen molar-refractivity contribution in [2.24, 2.45) is 0 Å². The highest BCUT2D eigenvalue weighted by molar-refractivity contribution is 7.91. The molecule has 8 nitrogen and oxygen atoms in total. The van der Waals surface area contributed by atoms with Gasteiger partial charge in [0.25, 0.3) is 5.91 Å². The molecule has 0 bridgehead atoms. The molecule has 3 saturated heterocycles. The van der Waals surface area contributed by atoms with Crippen LogP contribution in [0.5, 0.6) is 0 Å². The number of carbonyl (C=O) groups is 1. The molecule has 3 fully saturated rings. The van der Waals surface area contributed by atoms with Crippen LogP contribution in [0.15, 0.2) is 23.1 Å². The second-order valence-corrected chi connectivity index (χ2v) is 12.9. The normalized spacial score (nSPS) is 24.8. The molecule has 1 aromatic carbocycles. The Balaban J connectivity index is 1.65. The lowest BCUT2D eigenvalue weighted by Crippen LogP contribution is -2.38. The maximum absolute atomic E-state index is 13.2. The third-order valence-corrected chi connectivity index (χ3v) is 10.1. The summed E-state index contributed by atoms with van der Waals surface area (Å²) in [4.78, 5) is 15.4. The van der Waals surface area contributed by atoms with E-state index in [1.165, 1.54) is 10.4 Å². The predicted molar refractivity (Wildman–Crippen MR) is 120 cm³/mol. The first-order valence-corrected chi connectivity index (χ1v) is 14.4. The molecular formula is C21H31N3O5S2. The predicted octanol–water partition coefficient (Wildman–Crippen LogP) is 1.77. The van der Waals surface area contributed by atoms with Gasteiger partial charge in [-0.15, -0.1) is 0 Å². The van der Waals surface area contributed by atoms with Crippen LogP contribution in [-0.4, -0.2) is 70.8 Å². The lowest BCUT2D eigenvalue weighted by atomic mass is 10.1. The number of hydrogen-bond donors (Lipinski definition) is 1. The number of rotatable bonds is 5. The van der Waals surface area contributed by atoms with E-state index in [1.54, 1.807) is 12.1 Å². The molecule has 3 aliphatic rings. The molecule has 0 aromatic heterocycles. The van der Waals surface area contributed by atoms with Crippen molar-refractivity contribution in [3.05, 3.63) is 23.8 Å². The first kappa shape index (κ1) is 22.5. The first-order chi connectivity index (χ1) is 14.8. The number of nitrogens with one attached hydrogen (secondary N) is 1. The van der Waals surface area contributed by atoms with Crippen molar-refractivity contribution in [1.29, 1.82) is 0 Å². The van der Waals surface area contributed by atoms with E-state index in [4.69, 9.17) is 0 Å². The minimum atomic E-state index is -3.67. The molecule has 1 aromatic rings. The summed E-state index contributed by atoms with van der Waals surface area (Å²) in [6, 6.07) is 4.38. The fourth-order valence-corrected chi connectivity index (χ4v) is 7.91. The van der Waals surface area contributed by atoms with E-state index in [-0.39, 0.29) is 16.4 Å². The van der Waals surface area contributed by atoms with Crippen LogP contribution >= 0.6 is 0 Å². The van der Waals surface area contributed by atoms with Gasteiger partial charge in [-0.25, -0.2) is 16.8 Å². The van der Waals surface area contributed by atoms with Crippen molar-refractivity contribution in [2.45, 2.75) is 55.9 Å². The van der Waals surface area contributed by atoms with Crippen LogP contribution in [0, 0.1) is 0 Å². The largest absolute Gasteiger partial charge is 0.371 e. The zero-order chi connectivity index (χ0) is 22.1. The van der Waals surface area contributed by atoms with Crippen molar-refractivity contribution in [1.82, 2.24) is 9.62 Å². The van der Waals surface area contributed by atoms with Crippen LogP contribution in [0.1, 0.15) is 55.3 Å². The standard InChI is InChI=1S/C21H31N3O5S2/c25-21(22-17-9-14-30(26,27)16-17)19-15-18(31(28,29)24-12-5-2-6-13-24)7-8-20(19)23-10-3-1-4-11-23/h7-8,15,17H,1-6,9-14,16H2,(H,22,25). The number of anilines is 1. The lowest BCUT2D eigenvalue weighted by molar-refractivity contribution is 0.0941. The Labute approximate surface area is 185 Å². The van der Waals surface area contributed by atoms with Crippen LogP contribution in [0.3, 0.4) is 0 Å². The Hall–Kier alpha value is -1.65. The number of piperidine rings is 2. The number of nitrogens with zero attached hydrogens (tertiary/aromatic N) is 2. The number of hydrogen-bond acceptors (Lipinski definition) is 6. The van der Waals surface area contributed by atoms with E-state index in [0.29, 0.717) is 25.1 Å². The third-order valence-electron chi connectivity index (χ3n) is 6.43. The summed E-state index contributed by atoms with van der Waals surface area (Å²) in [5, 5.41) is 2.84. The summed E-state index contributed by atoms with van der Waals surface area (Å²) < 4.78 is 51.4. The second-order valence-electron chi connectivity index (χ2n) is 8.76. The summed E-state index contributed by atoms with van der Waals surface area (Å²) in [5.41, 5.74) is 1.03. The van der Waals surface area contributed by atoms with E-state index in [9.17, 15) is 21.6 Å². The monoisotopic (exact) mass is 469 g/mol. The third kappa shape index (κ3) is 5.06. The van der Waals surface area contributed by atoms with Gasteiger partial charge in [0.1, 0.15) is 0 Å². The molecule has 1 atom stereocenters. The summed E-state index contributed by atoms with van der Waals surface area (Å²) in [6.07, 6.45) is 6.28. The Morgan fingerprint density at radius 1 is 0.968 bits per heavy atom. The number of sulfonamides is 1. The van der Waals surface area contributed by atoms with Gasteiger partial charge in [-0.05, 0) is 56.7 Å². The van der Waals surface area contributed by atoms with Gasteiger partial charge in [-0.1, -0.05) is 6.42 Å². The summed E-state index contributed by atoms with van der Waals surface area (Å²) in [5.74, 6) is -0.400. The quantitative estimate of drug-likeness (QED) is 0.705. The van der Waals surface area contributed by atoms with Crippen LogP contribution < -0.4 is 10.2 Å². The average Bonchev–Trinajstić information content (AvgIpc) is 3.12. The molecule has 3 aliphatic heterocycles. The average molecular weight is 470 g/mol. The molecule has 0 aliphatic carbocycles. The van der Waals surface area contributed by atoms with Crippen LogP contribution in [-0.2, 0) is 19.9 Å². The summed E-state index contributed by atoms with van der Waals surface area (Å²) >= 11 is 0. The molecule has 31 heavy (non-hydrogen) atoms. The topological polar surface area (TPSA) is 104 Å². The number of amides is 1. The number of carbonyl (C=O) groups excluding carboxylic acids is 1. The van der Waals surface area contributed by atoms with E-state index in [2.05, 4.69) is 10.2 Å². The molecular weight excluding hydrogens is 438 g/mol. The summed E-state index contributed by atoms with van der Waals surface area (Å²) in [6.45, 7) is 2.63. The zero-order valence-corrected chi connectivity index (χ0v) is 19.4. The first-order valence-electron chi connectivity index (χ1n) is 11.2. The highest BCUT2D eigenvalue weighted by Gasteiger charge is 2.32. The molecule has 0 spiro atoms. The highest BCUT2D eigenvalue weighted by Crippen LogP contribution is 2.29. The Bertz CT molecular complexity index is 1030. The molecule has 0 saturated carbocycles. The molecule has 1 amide bonds. The molecule has 3 heterocycles. The fourth-order valence-electron chi connectivity index (χ4n) is 4.69. The van der Waals surface area contributed by atoms with Crippen LogP contribution in [0.25, 0.3) is 0 Å². The van der Waals surface area contributed by atoms with Gasteiger partial charge in [-0.3, -0.25) is 4.79 Å². The van der Waals surface area contributed by atoms with Gasteiger partial charge >= 0.3 is 0 Å². The molecule has 4 rings (SSSR count). The Morgan fingerprint density at radius 2 is 1.61 bits per heavy atom. The van der Waals surface area contributed by atoms with Gasteiger partial charge in [0, 0.05) is 37.9 Å². The molecule has 1 unspecified atom stereocenters. The van der Waals surface area contributed by atoms with Gasteiger partial charge in [0.05, 0.1) is 22.0 Å². The highest BCUT2D eigenvalue weighted by atomic mass is 32.2. The smallest absolute Gasteiger partial charge is 0.253 e. The van der Waals surface area contributed by atoms with E-state index >= 15 is 0 Å². The van der Waals surface area contributed by atoms with Gasteiger partial charge < -0.3 is 10.2 Å². The van der Waals surface area contributed by atoms with Gasteiger partial charge in [0.2, 0.25) is 10.0 Å². The minimum Gasteiger partial charge on any atom is -0.371 e. The number of sulfone groups is 1. The fraction of sp³-hybridized carbons (Fsp3) is 0.667. The maximum Gasteiger partial charge on any atom is 0.253 e. The van der Waals surface area contributed by atoms with Crippen molar-refractivity contribution >= 4 is 31.5 Å². The van der Waals surface area contributed by atoms with Crippen LogP contribution in [0.2, 0.25) is 0 Å². The van der Waals surface area contributed by atoms with Gasteiger partial charge in [0.15, 0.2) is 9.84 Å². The Kier molecular flexibility index (Phi) is 6.60. The molecule has 0 radical (unpaired) electrons. The minimum absolute atomic E-state index is 0.0659. The molecule has 1 N–H and O–H groups in total. The van der Waals surface area contributed by atoms with Crippen molar-refractivity contribution in [3.63, 3.8) is 0 Å². The zero-order valence-electron chi connectivity index (χ0n) is 17.8. The van der Waals surface area contributed by atoms with E-state index < -0.39 is 31.8 Å². The van der Waals surface area contributed by atoms with E-state index in [0.717, 1.165) is 57.3 Å². The Morgan fingerprint density at radius 3 is 2.23 bits per heavy atom. The lowest BCUT2D eigenvalue weighted by Gasteiger charge is -2.31. The molecule has 10 heteroatoms. The van der Waals surface area contributed by atoms with Crippen molar-refractivity contribution in [2.75, 3.05) is 42.6 Å². The second kappa shape index (κ2) is 9.07. The van der Waals surface area contributed by atoms with E-state index in [1.807, 2.05) is 0 Å².